The van der Waals surface area contributed by atoms with E-state index >= 15 is 0 Å². The lowest BCUT2D eigenvalue weighted by atomic mass is 9.96. The number of carbonyl (C=O) groups excluding carboxylic acids is 2. The molecule has 8 nitrogen and oxygen atoms in total. The van der Waals surface area contributed by atoms with Gasteiger partial charge >= 0.3 is 11.9 Å². The lowest BCUT2D eigenvalue weighted by Crippen LogP contribution is -2.39. The Labute approximate surface area is 211 Å². The molecule has 4 rings (SSSR count). The van der Waals surface area contributed by atoms with Gasteiger partial charge in [-0.2, -0.15) is 0 Å². The molecule has 1 aliphatic heterocycles. The molecular weight excluding hydrogens is 480 g/mol. The average Bonchev–Trinajstić information content (AvgIpc) is 3.15. The van der Waals surface area contributed by atoms with Crippen molar-refractivity contribution in [1.29, 1.82) is 0 Å². The molecule has 2 heterocycles. The fraction of sp³-hybridized carbons (Fsp3) is 0.185. The molecule has 184 valence electrons. The molecule has 2 aromatic carbocycles. The van der Waals surface area contributed by atoms with Crippen LogP contribution in [0.15, 0.2) is 82.2 Å². The van der Waals surface area contributed by atoms with Crippen LogP contribution in [0.1, 0.15) is 31.0 Å². The topological polar surface area (TPSA) is 96.2 Å². The van der Waals surface area contributed by atoms with E-state index in [1.807, 2.05) is 12.1 Å². The number of benzene rings is 2. The minimum absolute atomic E-state index is 0.0358. The summed E-state index contributed by atoms with van der Waals surface area (Å²) in [5, 5.41) is 0. The van der Waals surface area contributed by atoms with Gasteiger partial charge in [-0.15, -0.1) is 0 Å². The lowest BCUT2D eigenvalue weighted by Gasteiger charge is -2.24. The molecule has 0 saturated heterocycles. The largest absolute Gasteiger partial charge is 0.497 e. The van der Waals surface area contributed by atoms with Gasteiger partial charge in [-0.1, -0.05) is 48.3 Å². The number of hydrogen-bond donors (Lipinski definition) is 0. The molecule has 0 bridgehead atoms. The van der Waals surface area contributed by atoms with Gasteiger partial charge in [-0.05, 0) is 48.4 Å². The molecule has 1 unspecified atom stereocenters. The summed E-state index contributed by atoms with van der Waals surface area (Å²) >= 11 is 1.21. The second kappa shape index (κ2) is 10.6. The maximum Gasteiger partial charge on any atom is 0.338 e. The molecule has 9 heteroatoms. The molecule has 0 saturated carbocycles. The summed E-state index contributed by atoms with van der Waals surface area (Å²) in [7, 11) is 1.57. The second-order valence-corrected chi connectivity index (χ2v) is 8.92. The van der Waals surface area contributed by atoms with Crippen molar-refractivity contribution in [3.63, 3.8) is 0 Å². The number of carbonyl (C=O) groups is 2. The normalized spacial score (nSPS) is 15.1. The maximum absolute atomic E-state index is 13.7. The summed E-state index contributed by atoms with van der Waals surface area (Å²) in [5.41, 5.74) is 1.83. The highest BCUT2D eigenvalue weighted by atomic mass is 32.1. The molecule has 0 radical (unpaired) electrons. The molecule has 0 aliphatic carbocycles. The number of methoxy groups -OCH3 is 1. The molecule has 0 fully saturated rings. The number of ether oxygens (including phenoxy) is 3. The Kier molecular flexibility index (Phi) is 7.30. The number of aromatic nitrogens is 1. The van der Waals surface area contributed by atoms with Crippen molar-refractivity contribution in [3.05, 3.63) is 103 Å². The van der Waals surface area contributed by atoms with Crippen LogP contribution < -0.4 is 24.4 Å². The van der Waals surface area contributed by atoms with Gasteiger partial charge in [0.25, 0.3) is 5.56 Å². The molecule has 1 atom stereocenters. The number of allylic oxidation sites excluding steroid dienone is 1. The summed E-state index contributed by atoms with van der Waals surface area (Å²) in [6, 6.07) is 13.3. The summed E-state index contributed by atoms with van der Waals surface area (Å²) in [6.45, 7) is 6.67. The smallest absolute Gasteiger partial charge is 0.338 e. The van der Waals surface area contributed by atoms with E-state index in [4.69, 9.17) is 14.2 Å². The van der Waals surface area contributed by atoms with E-state index in [1.165, 1.54) is 28.9 Å². The highest BCUT2D eigenvalue weighted by Crippen LogP contribution is 2.31. The lowest BCUT2D eigenvalue weighted by molar-refractivity contribution is -0.138. The second-order valence-electron chi connectivity index (χ2n) is 7.91. The van der Waals surface area contributed by atoms with Crippen molar-refractivity contribution in [1.82, 2.24) is 4.57 Å². The molecule has 36 heavy (non-hydrogen) atoms. The molecule has 3 aromatic rings. The summed E-state index contributed by atoms with van der Waals surface area (Å²) in [5.74, 6) is 0.0243. The summed E-state index contributed by atoms with van der Waals surface area (Å²) in [4.78, 5) is 43.0. The number of fused-ring (bicyclic) bond motifs is 1. The van der Waals surface area contributed by atoms with Crippen LogP contribution in [-0.2, 0) is 14.3 Å². The van der Waals surface area contributed by atoms with Gasteiger partial charge in [-0.25, -0.2) is 9.79 Å². The first kappa shape index (κ1) is 24.9. The minimum atomic E-state index is -0.737. The van der Waals surface area contributed by atoms with Crippen LogP contribution in [0.4, 0.5) is 0 Å². The quantitative estimate of drug-likeness (QED) is 0.279. The van der Waals surface area contributed by atoms with Crippen LogP contribution in [0.25, 0.3) is 6.08 Å². The van der Waals surface area contributed by atoms with E-state index in [2.05, 4.69) is 11.6 Å². The highest BCUT2D eigenvalue weighted by molar-refractivity contribution is 7.07. The van der Waals surface area contributed by atoms with Gasteiger partial charge in [-0.3, -0.25) is 14.2 Å². The van der Waals surface area contributed by atoms with Gasteiger partial charge in [0.15, 0.2) is 4.80 Å². The van der Waals surface area contributed by atoms with Crippen LogP contribution in [0, 0.1) is 0 Å². The van der Waals surface area contributed by atoms with Crippen LogP contribution in [0.5, 0.6) is 11.5 Å². The van der Waals surface area contributed by atoms with E-state index in [-0.39, 0.29) is 17.7 Å². The third-order valence-corrected chi connectivity index (χ3v) is 6.41. The van der Waals surface area contributed by atoms with E-state index in [9.17, 15) is 14.4 Å². The van der Waals surface area contributed by atoms with E-state index in [1.54, 1.807) is 56.5 Å². The molecule has 0 amide bonds. The standard InChI is InChI=1S/C27H24N2O6S/c1-5-13-34-26(32)23-16(2)28-27-29(24(23)19-9-11-20(33-4)12-10-19)25(31)22(36-27)15-18-7-6-8-21(14-18)35-17(3)30/h5-12,14-15,24H,1,13H2,2-4H3/b22-15-. The third-order valence-electron chi connectivity index (χ3n) is 5.42. The Morgan fingerprint density at radius 3 is 2.58 bits per heavy atom. The fourth-order valence-electron chi connectivity index (χ4n) is 3.88. The monoisotopic (exact) mass is 504 g/mol. The van der Waals surface area contributed by atoms with Crippen molar-refractivity contribution in [3.8, 4) is 11.5 Å². The van der Waals surface area contributed by atoms with Gasteiger partial charge < -0.3 is 14.2 Å². The number of rotatable bonds is 7. The van der Waals surface area contributed by atoms with Gasteiger partial charge in [0, 0.05) is 6.92 Å². The van der Waals surface area contributed by atoms with Gasteiger partial charge in [0.1, 0.15) is 18.1 Å². The number of nitrogens with zero attached hydrogens (tertiary/aromatic N) is 2. The first-order valence-corrected chi connectivity index (χ1v) is 11.9. The van der Waals surface area contributed by atoms with Crippen molar-refractivity contribution in [2.45, 2.75) is 19.9 Å². The minimum Gasteiger partial charge on any atom is -0.497 e. The zero-order chi connectivity index (χ0) is 25.8. The Balaban J connectivity index is 1.88. The molecule has 0 spiro atoms. The molecular formula is C27H24N2O6S. The SMILES string of the molecule is C=CCOC(=O)C1=C(C)N=c2s/c(=C\c3cccc(OC(C)=O)c3)c(=O)n2C1c1ccc(OC)cc1. The van der Waals surface area contributed by atoms with Crippen molar-refractivity contribution in [2.24, 2.45) is 4.99 Å². The van der Waals surface area contributed by atoms with Gasteiger partial charge in [0.05, 0.1) is 29.0 Å². The number of hydrogen-bond acceptors (Lipinski definition) is 8. The average molecular weight is 505 g/mol. The van der Waals surface area contributed by atoms with Crippen molar-refractivity contribution < 1.29 is 23.8 Å². The number of esters is 2. The third kappa shape index (κ3) is 5.06. The Bertz CT molecular complexity index is 1550. The van der Waals surface area contributed by atoms with Crippen LogP contribution in [0.3, 0.4) is 0 Å². The predicted molar refractivity (Wildman–Crippen MR) is 136 cm³/mol. The Hall–Kier alpha value is -4.24. The predicted octanol–water partition coefficient (Wildman–Crippen LogP) is 2.90. The maximum atomic E-state index is 13.7. The van der Waals surface area contributed by atoms with Crippen LogP contribution in [0.2, 0.25) is 0 Å². The van der Waals surface area contributed by atoms with Crippen LogP contribution >= 0.6 is 11.3 Å². The van der Waals surface area contributed by atoms with E-state index < -0.39 is 18.0 Å². The first-order chi connectivity index (χ1) is 17.3. The summed E-state index contributed by atoms with van der Waals surface area (Å²) in [6.07, 6.45) is 3.19. The van der Waals surface area contributed by atoms with Crippen molar-refractivity contribution >= 4 is 29.4 Å². The van der Waals surface area contributed by atoms with E-state index in [0.717, 1.165) is 0 Å². The van der Waals surface area contributed by atoms with E-state index in [0.29, 0.717) is 37.7 Å². The Morgan fingerprint density at radius 2 is 1.92 bits per heavy atom. The zero-order valence-electron chi connectivity index (χ0n) is 20.0. The molecule has 1 aromatic heterocycles. The number of thiazole rings is 1. The summed E-state index contributed by atoms with van der Waals surface area (Å²) < 4.78 is 17.7. The zero-order valence-corrected chi connectivity index (χ0v) is 20.8. The van der Waals surface area contributed by atoms with Crippen molar-refractivity contribution in [2.75, 3.05) is 13.7 Å². The molecule has 1 aliphatic rings. The fourth-order valence-corrected chi connectivity index (χ4v) is 4.93. The molecule has 0 N–H and O–H groups in total. The van der Waals surface area contributed by atoms with Crippen LogP contribution in [-0.4, -0.2) is 30.2 Å². The van der Waals surface area contributed by atoms with Gasteiger partial charge in [0.2, 0.25) is 0 Å². The highest BCUT2D eigenvalue weighted by Gasteiger charge is 2.33. The first-order valence-electron chi connectivity index (χ1n) is 11.1. The Morgan fingerprint density at radius 1 is 1.17 bits per heavy atom.